The van der Waals surface area contributed by atoms with Gasteiger partial charge in [-0.15, -0.1) is 11.3 Å². The second-order valence-corrected chi connectivity index (χ2v) is 9.40. The highest BCUT2D eigenvalue weighted by atomic mass is 32.1. The molecule has 3 aromatic heterocycles. The Bertz CT molecular complexity index is 1420. The summed E-state index contributed by atoms with van der Waals surface area (Å²) in [6.07, 6.45) is 5.53. The Kier molecular flexibility index (Phi) is 5.24. The fourth-order valence-corrected chi connectivity index (χ4v) is 5.09. The number of hydrogen-bond acceptors (Lipinski definition) is 6. The third-order valence-corrected chi connectivity index (χ3v) is 7.15. The first-order valence-corrected chi connectivity index (χ1v) is 11.6. The fraction of sp³-hybridized carbons (Fsp3) is 0.280. The number of allylic oxidation sites excluding steroid dienone is 1. The predicted octanol–water partition coefficient (Wildman–Crippen LogP) is 4.91. The van der Waals surface area contributed by atoms with Crippen molar-refractivity contribution in [2.45, 2.75) is 26.7 Å². The number of rotatable bonds is 3. The molecule has 7 heteroatoms. The summed E-state index contributed by atoms with van der Waals surface area (Å²) < 4.78 is 2.59. The quantitative estimate of drug-likeness (QED) is 0.422. The first-order valence-electron chi connectivity index (χ1n) is 10.8. The highest BCUT2D eigenvalue weighted by Gasteiger charge is 2.23. The molecule has 0 unspecified atom stereocenters. The van der Waals surface area contributed by atoms with E-state index in [4.69, 9.17) is 4.98 Å². The summed E-state index contributed by atoms with van der Waals surface area (Å²) in [5.74, 6) is 1.32. The van der Waals surface area contributed by atoms with Gasteiger partial charge in [-0.05, 0) is 55.5 Å². The number of anilines is 1. The number of nitrogens with zero attached hydrogens (tertiary/aromatic N) is 5. The fourth-order valence-electron chi connectivity index (χ4n) is 4.16. The Hall–Kier alpha value is -3.50. The van der Waals surface area contributed by atoms with Crippen LogP contribution in [0.4, 0.5) is 5.82 Å². The Balaban J connectivity index is 1.72. The Morgan fingerprint density at radius 1 is 1.19 bits per heavy atom. The molecule has 1 aliphatic rings. The maximum atomic E-state index is 13.6. The SMILES string of the molecule is Cc1cccn2c(=O)c(C=C(C#N)c3nc4ccccc4s3)c(N3CCC(C)CC3)nc12. The van der Waals surface area contributed by atoms with E-state index in [9.17, 15) is 10.1 Å². The van der Waals surface area contributed by atoms with Crippen LogP contribution in [0.5, 0.6) is 0 Å². The number of benzene rings is 1. The minimum absolute atomic E-state index is 0.166. The minimum Gasteiger partial charge on any atom is -0.356 e. The van der Waals surface area contributed by atoms with Gasteiger partial charge >= 0.3 is 0 Å². The molecule has 1 fully saturated rings. The molecule has 160 valence electrons. The smallest absolute Gasteiger partial charge is 0.267 e. The van der Waals surface area contributed by atoms with E-state index in [-0.39, 0.29) is 5.56 Å². The van der Waals surface area contributed by atoms with Crippen molar-refractivity contribution < 1.29 is 0 Å². The van der Waals surface area contributed by atoms with Gasteiger partial charge in [0.05, 0.1) is 21.4 Å². The predicted molar refractivity (Wildman–Crippen MR) is 130 cm³/mol. The normalized spacial score (nSPS) is 15.4. The lowest BCUT2D eigenvalue weighted by molar-refractivity contribution is 0.436. The number of hydrogen-bond donors (Lipinski definition) is 0. The van der Waals surface area contributed by atoms with Crippen LogP contribution in [0, 0.1) is 24.2 Å². The number of piperidine rings is 1. The molecule has 0 bridgehead atoms. The van der Waals surface area contributed by atoms with Gasteiger partial charge in [-0.25, -0.2) is 9.97 Å². The monoisotopic (exact) mass is 441 g/mol. The van der Waals surface area contributed by atoms with Crippen molar-refractivity contribution in [2.75, 3.05) is 18.0 Å². The first kappa shape index (κ1) is 20.4. The van der Waals surface area contributed by atoms with Gasteiger partial charge in [-0.2, -0.15) is 5.26 Å². The second-order valence-electron chi connectivity index (χ2n) is 8.37. The summed E-state index contributed by atoms with van der Waals surface area (Å²) in [6, 6.07) is 13.9. The van der Waals surface area contributed by atoms with Crippen LogP contribution in [0.2, 0.25) is 0 Å². The van der Waals surface area contributed by atoms with Crippen LogP contribution in [0.3, 0.4) is 0 Å². The summed E-state index contributed by atoms with van der Waals surface area (Å²) in [7, 11) is 0. The zero-order chi connectivity index (χ0) is 22.2. The number of para-hydroxylation sites is 1. The molecule has 4 aromatic rings. The molecule has 4 heterocycles. The average molecular weight is 442 g/mol. The largest absolute Gasteiger partial charge is 0.356 e. The Labute approximate surface area is 190 Å². The third-order valence-electron chi connectivity index (χ3n) is 6.08. The molecule has 0 amide bonds. The van der Waals surface area contributed by atoms with Crippen molar-refractivity contribution in [3.8, 4) is 6.07 Å². The van der Waals surface area contributed by atoms with Crippen molar-refractivity contribution in [1.29, 1.82) is 5.26 Å². The van der Waals surface area contributed by atoms with Crippen molar-refractivity contribution in [2.24, 2.45) is 5.92 Å². The van der Waals surface area contributed by atoms with Crippen molar-refractivity contribution in [3.05, 3.63) is 69.1 Å². The molecule has 1 aromatic carbocycles. The van der Waals surface area contributed by atoms with Crippen molar-refractivity contribution in [3.63, 3.8) is 0 Å². The van der Waals surface area contributed by atoms with E-state index < -0.39 is 0 Å². The Morgan fingerprint density at radius 3 is 2.72 bits per heavy atom. The molecule has 5 rings (SSSR count). The lowest BCUT2D eigenvalue weighted by Gasteiger charge is -2.32. The summed E-state index contributed by atoms with van der Waals surface area (Å²) >= 11 is 1.46. The summed E-state index contributed by atoms with van der Waals surface area (Å²) in [5, 5.41) is 10.6. The van der Waals surface area contributed by atoms with Crippen molar-refractivity contribution in [1.82, 2.24) is 14.4 Å². The zero-order valence-electron chi connectivity index (χ0n) is 18.1. The number of nitriles is 1. The van der Waals surface area contributed by atoms with Gasteiger partial charge in [-0.3, -0.25) is 9.20 Å². The van der Waals surface area contributed by atoms with Crippen LogP contribution in [-0.4, -0.2) is 27.5 Å². The zero-order valence-corrected chi connectivity index (χ0v) is 18.9. The molecular weight excluding hydrogens is 418 g/mol. The van der Waals surface area contributed by atoms with E-state index >= 15 is 0 Å². The van der Waals surface area contributed by atoms with Gasteiger partial charge in [0.15, 0.2) is 0 Å². The van der Waals surface area contributed by atoms with Crippen molar-refractivity contribution >= 4 is 44.7 Å². The molecule has 0 aliphatic carbocycles. The molecular formula is C25H23N5OS. The first-order chi connectivity index (χ1) is 15.5. The van der Waals surface area contributed by atoms with E-state index in [1.54, 1.807) is 16.7 Å². The number of aryl methyl sites for hydroxylation is 1. The van der Waals surface area contributed by atoms with Gasteiger partial charge in [0.2, 0.25) is 0 Å². The standard InChI is InChI=1S/C25H23N5OS/c1-16-9-12-29(13-10-16)23-19(25(31)30-11-5-6-17(2)22(30)28-23)14-18(15-26)24-27-20-7-3-4-8-21(20)32-24/h3-8,11,14,16H,9-10,12-13H2,1-2H3. The number of aromatic nitrogens is 3. The van der Waals surface area contributed by atoms with E-state index in [1.807, 2.05) is 43.3 Å². The average Bonchev–Trinajstić information content (AvgIpc) is 3.23. The van der Waals surface area contributed by atoms with Gasteiger partial charge < -0.3 is 4.90 Å². The van der Waals surface area contributed by atoms with E-state index in [2.05, 4.69) is 22.9 Å². The Morgan fingerprint density at radius 2 is 1.97 bits per heavy atom. The summed E-state index contributed by atoms with van der Waals surface area (Å²) in [6.45, 7) is 5.91. The van der Waals surface area contributed by atoms with Crippen LogP contribution in [-0.2, 0) is 0 Å². The van der Waals surface area contributed by atoms with Gasteiger partial charge in [0, 0.05) is 19.3 Å². The highest BCUT2D eigenvalue weighted by Crippen LogP contribution is 2.30. The van der Waals surface area contributed by atoms with E-state index in [1.165, 1.54) is 11.3 Å². The maximum absolute atomic E-state index is 13.6. The van der Waals surface area contributed by atoms with Crippen LogP contribution >= 0.6 is 11.3 Å². The molecule has 0 radical (unpaired) electrons. The highest BCUT2D eigenvalue weighted by molar-refractivity contribution is 7.19. The van der Waals surface area contributed by atoms with Crippen LogP contribution in [0.25, 0.3) is 27.5 Å². The minimum atomic E-state index is -0.166. The van der Waals surface area contributed by atoms with Gasteiger partial charge in [-0.1, -0.05) is 25.1 Å². The van der Waals surface area contributed by atoms with Gasteiger partial charge in [0.25, 0.3) is 5.56 Å². The molecule has 6 nitrogen and oxygen atoms in total. The summed E-state index contributed by atoms with van der Waals surface area (Å²) in [4.78, 5) is 25.3. The number of thiazole rings is 1. The number of fused-ring (bicyclic) bond motifs is 2. The lowest BCUT2D eigenvalue weighted by Crippen LogP contribution is -2.36. The van der Waals surface area contributed by atoms with Crippen LogP contribution in [0.1, 0.15) is 35.9 Å². The van der Waals surface area contributed by atoms with Crippen LogP contribution < -0.4 is 10.5 Å². The molecule has 0 N–H and O–H groups in total. The van der Waals surface area contributed by atoms with E-state index in [0.717, 1.165) is 41.7 Å². The number of pyridine rings is 1. The molecule has 0 saturated carbocycles. The van der Waals surface area contributed by atoms with E-state index in [0.29, 0.717) is 33.5 Å². The molecule has 0 spiro atoms. The lowest BCUT2D eigenvalue weighted by atomic mass is 9.99. The summed E-state index contributed by atoms with van der Waals surface area (Å²) in [5.41, 5.74) is 3.10. The maximum Gasteiger partial charge on any atom is 0.267 e. The van der Waals surface area contributed by atoms with Crippen LogP contribution in [0.15, 0.2) is 47.4 Å². The molecule has 32 heavy (non-hydrogen) atoms. The molecule has 0 atom stereocenters. The molecule has 1 saturated heterocycles. The van der Waals surface area contributed by atoms with Gasteiger partial charge in [0.1, 0.15) is 22.5 Å². The molecule has 1 aliphatic heterocycles. The second kappa shape index (κ2) is 8.21. The third kappa shape index (κ3) is 3.57. The topological polar surface area (TPSA) is 74.3 Å².